The molecule has 0 aromatic heterocycles. The molecule has 15 heavy (non-hydrogen) atoms. The lowest BCUT2D eigenvalue weighted by Crippen LogP contribution is -2.40. The summed E-state index contributed by atoms with van der Waals surface area (Å²) in [7, 11) is 0. The van der Waals surface area contributed by atoms with Crippen molar-refractivity contribution >= 4 is 11.7 Å². The van der Waals surface area contributed by atoms with Crippen LogP contribution in [0.15, 0.2) is 0 Å². The van der Waals surface area contributed by atoms with Crippen molar-refractivity contribution in [3.63, 3.8) is 0 Å². The van der Waals surface area contributed by atoms with Gasteiger partial charge in [-0.05, 0) is 18.8 Å². The molecule has 1 atom stereocenters. The molecule has 0 spiro atoms. The first-order chi connectivity index (χ1) is 7.25. The number of nitrogens with zero attached hydrogens (tertiary/aromatic N) is 1. The van der Waals surface area contributed by atoms with Crippen molar-refractivity contribution in [1.29, 1.82) is 0 Å². The second-order valence-electron chi connectivity index (χ2n) is 4.36. The maximum atomic E-state index is 11.5. The lowest BCUT2D eigenvalue weighted by atomic mass is 10.0. The summed E-state index contributed by atoms with van der Waals surface area (Å²) in [4.78, 5) is 24.3. The van der Waals surface area contributed by atoms with Crippen LogP contribution in [0, 0.1) is 5.92 Å². The summed E-state index contributed by atoms with van der Waals surface area (Å²) in [5, 5.41) is 0. The molecule has 0 aromatic carbocycles. The summed E-state index contributed by atoms with van der Waals surface area (Å²) in [6.45, 7) is 3.10. The van der Waals surface area contributed by atoms with Crippen LogP contribution < -0.4 is 0 Å². The summed E-state index contributed by atoms with van der Waals surface area (Å²) in [5.41, 5.74) is 0. The minimum absolute atomic E-state index is 0.00478. The molecule has 84 valence electrons. The van der Waals surface area contributed by atoms with Crippen LogP contribution in [0.2, 0.25) is 0 Å². The minimum Gasteiger partial charge on any atom is -0.381 e. The molecule has 0 bridgehead atoms. The van der Waals surface area contributed by atoms with Gasteiger partial charge in [0.2, 0.25) is 5.91 Å². The van der Waals surface area contributed by atoms with E-state index in [9.17, 15) is 9.59 Å². The molecule has 0 saturated carbocycles. The van der Waals surface area contributed by atoms with E-state index < -0.39 is 0 Å². The molecule has 0 N–H and O–H groups in total. The third-order valence-corrected chi connectivity index (χ3v) is 3.19. The Bertz CT molecular complexity index is 259. The number of carbonyl (C=O) groups is 2. The van der Waals surface area contributed by atoms with Gasteiger partial charge in [-0.25, -0.2) is 0 Å². The molecule has 2 fully saturated rings. The Morgan fingerprint density at radius 2 is 2.27 bits per heavy atom. The van der Waals surface area contributed by atoms with Crippen molar-refractivity contribution in [1.82, 2.24) is 4.90 Å². The van der Waals surface area contributed by atoms with E-state index in [0.29, 0.717) is 18.9 Å². The van der Waals surface area contributed by atoms with Gasteiger partial charge < -0.3 is 9.64 Å². The van der Waals surface area contributed by atoms with Crippen LogP contribution in [-0.4, -0.2) is 42.9 Å². The molecule has 2 aliphatic heterocycles. The molecule has 2 heterocycles. The molecular weight excluding hydrogens is 194 g/mol. The van der Waals surface area contributed by atoms with Crippen molar-refractivity contribution in [3.05, 3.63) is 0 Å². The molecule has 2 aliphatic rings. The van der Waals surface area contributed by atoms with E-state index in [1.807, 2.05) is 4.90 Å². The number of ketones is 1. The molecule has 2 saturated heterocycles. The van der Waals surface area contributed by atoms with Crippen LogP contribution in [0.1, 0.15) is 25.7 Å². The number of carbonyl (C=O) groups excluding carboxylic acids is 2. The Labute approximate surface area is 89.6 Å². The highest BCUT2D eigenvalue weighted by Gasteiger charge is 2.24. The SMILES string of the molecule is O=C1CCN(CCC2CCOC2)C(=O)C1. The Hall–Kier alpha value is -0.900. The van der Waals surface area contributed by atoms with Gasteiger partial charge in [-0.15, -0.1) is 0 Å². The zero-order chi connectivity index (χ0) is 10.7. The number of likely N-dealkylation sites (tertiary alicyclic amines) is 1. The molecule has 0 aliphatic carbocycles. The first-order valence-electron chi connectivity index (χ1n) is 5.63. The van der Waals surface area contributed by atoms with E-state index in [-0.39, 0.29) is 18.1 Å². The van der Waals surface area contributed by atoms with E-state index in [1.54, 1.807) is 0 Å². The standard InChI is InChI=1S/C11H17NO3/c13-10-2-5-12(11(14)7-10)4-1-9-3-6-15-8-9/h9H,1-8H2. The van der Waals surface area contributed by atoms with Gasteiger partial charge in [-0.3, -0.25) is 9.59 Å². The number of ether oxygens (including phenoxy) is 1. The minimum atomic E-state index is 0.00478. The molecule has 0 radical (unpaired) electrons. The Morgan fingerprint density at radius 3 is 2.93 bits per heavy atom. The van der Waals surface area contributed by atoms with Gasteiger partial charge in [0.25, 0.3) is 0 Å². The fourth-order valence-corrected chi connectivity index (χ4v) is 2.14. The van der Waals surface area contributed by atoms with Gasteiger partial charge in [0.15, 0.2) is 0 Å². The van der Waals surface area contributed by atoms with E-state index in [4.69, 9.17) is 4.74 Å². The third kappa shape index (κ3) is 2.78. The first-order valence-corrected chi connectivity index (χ1v) is 5.63. The predicted octanol–water partition coefficient (Wildman–Crippen LogP) is 0.605. The van der Waals surface area contributed by atoms with Crippen LogP contribution in [0.4, 0.5) is 0 Å². The number of Topliss-reactive ketones (excluding diaryl/α,β-unsaturated/α-hetero) is 1. The molecule has 2 rings (SSSR count). The van der Waals surface area contributed by atoms with E-state index in [2.05, 4.69) is 0 Å². The lowest BCUT2D eigenvalue weighted by molar-refractivity contribution is -0.139. The summed E-state index contributed by atoms with van der Waals surface area (Å²) >= 11 is 0. The quantitative estimate of drug-likeness (QED) is 0.642. The lowest BCUT2D eigenvalue weighted by Gasteiger charge is -2.26. The fourth-order valence-electron chi connectivity index (χ4n) is 2.14. The highest BCUT2D eigenvalue weighted by molar-refractivity contribution is 6.00. The van der Waals surface area contributed by atoms with Gasteiger partial charge in [-0.1, -0.05) is 0 Å². The van der Waals surface area contributed by atoms with Crippen LogP contribution in [0.5, 0.6) is 0 Å². The number of piperidine rings is 1. The second kappa shape index (κ2) is 4.75. The Balaban J connectivity index is 1.74. The molecule has 4 heteroatoms. The van der Waals surface area contributed by atoms with Crippen molar-refractivity contribution in [3.8, 4) is 0 Å². The highest BCUT2D eigenvalue weighted by Crippen LogP contribution is 2.18. The van der Waals surface area contributed by atoms with E-state index in [0.717, 1.165) is 32.6 Å². The van der Waals surface area contributed by atoms with Crippen molar-refractivity contribution in [2.24, 2.45) is 5.92 Å². The van der Waals surface area contributed by atoms with Gasteiger partial charge in [0, 0.05) is 32.7 Å². The largest absolute Gasteiger partial charge is 0.381 e. The zero-order valence-corrected chi connectivity index (χ0v) is 8.91. The maximum Gasteiger partial charge on any atom is 0.230 e. The molecule has 1 unspecified atom stereocenters. The first kappa shape index (κ1) is 10.6. The van der Waals surface area contributed by atoms with Crippen molar-refractivity contribution in [2.45, 2.75) is 25.7 Å². The van der Waals surface area contributed by atoms with Crippen LogP contribution in [0.3, 0.4) is 0 Å². The number of hydrogen-bond acceptors (Lipinski definition) is 3. The molecule has 0 aromatic rings. The van der Waals surface area contributed by atoms with E-state index >= 15 is 0 Å². The number of amides is 1. The van der Waals surface area contributed by atoms with Crippen LogP contribution in [0.25, 0.3) is 0 Å². The molecular formula is C11H17NO3. The third-order valence-electron chi connectivity index (χ3n) is 3.19. The maximum absolute atomic E-state index is 11.5. The summed E-state index contributed by atoms with van der Waals surface area (Å²) in [5.74, 6) is 0.695. The Kier molecular flexibility index (Phi) is 3.36. The van der Waals surface area contributed by atoms with Gasteiger partial charge >= 0.3 is 0 Å². The number of hydrogen-bond donors (Lipinski definition) is 0. The molecule has 4 nitrogen and oxygen atoms in total. The monoisotopic (exact) mass is 211 g/mol. The van der Waals surface area contributed by atoms with Gasteiger partial charge in [0.05, 0.1) is 6.42 Å². The summed E-state index contributed by atoms with van der Waals surface area (Å²) in [6, 6.07) is 0. The van der Waals surface area contributed by atoms with Crippen LogP contribution >= 0.6 is 0 Å². The van der Waals surface area contributed by atoms with Crippen LogP contribution in [-0.2, 0) is 14.3 Å². The van der Waals surface area contributed by atoms with Crippen molar-refractivity contribution in [2.75, 3.05) is 26.3 Å². The second-order valence-corrected chi connectivity index (χ2v) is 4.36. The summed E-state index contributed by atoms with van der Waals surface area (Å²) < 4.78 is 5.28. The summed E-state index contributed by atoms with van der Waals surface area (Å²) in [6.07, 6.45) is 2.77. The zero-order valence-electron chi connectivity index (χ0n) is 8.91. The van der Waals surface area contributed by atoms with E-state index in [1.165, 1.54) is 0 Å². The van der Waals surface area contributed by atoms with Gasteiger partial charge in [-0.2, -0.15) is 0 Å². The predicted molar refractivity (Wildman–Crippen MR) is 54.4 cm³/mol. The average Bonchev–Trinajstić information content (AvgIpc) is 2.69. The number of rotatable bonds is 3. The topological polar surface area (TPSA) is 46.6 Å². The van der Waals surface area contributed by atoms with Gasteiger partial charge in [0.1, 0.15) is 5.78 Å². The normalized spacial score (nSPS) is 27.5. The molecule has 1 amide bonds. The average molecular weight is 211 g/mol. The Morgan fingerprint density at radius 1 is 1.40 bits per heavy atom. The smallest absolute Gasteiger partial charge is 0.230 e. The highest BCUT2D eigenvalue weighted by atomic mass is 16.5. The van der Waals surface area contributed by atoms with Crippen molar-refractivity contribution < 1.29 is 14.3 Å². The fraction of sp³-hybridized carbons (Fsp3) is 0.818.